The summed E-state index contributed by atoms with van der Waals surface area (Å²) in [5.41, 5.74) is 2.97. The first-order valence-corrected chi connectivity index (χ1v) is 9.32. The molecule has 0 atom stereocenters. The number of fused-ring (bicyclic) bond motifs is 1. The van der Waals surface area contributed by atoms with Crippen molar-refractivity contribution in [2.45, 2.75) is 43.9 Å². The van der Waals surface area contributed by atoms with E-state index in [1.807, 2.05) is 0 Å². The van der Waals surface area contributed by atoms with Gasteiger partial charge in [0.2, 0.25) is 0 Å². The number of benzene rings is 1. The Kier molecular flexibility index (Phi) is 3.16. The van der Waals surface area contributed by atoms with Gasteiger partial charge in [-0.15, -0.1) is 0 Å². The van der Waals surface area contributed by atoms with E-state index in [9.17, 15) is 9.59 Å². The van der Waals surface area contributed by atoms with Crippen LogP contribution in [0.3, 0.4) is 0 Å². The Balaban J connectivity index is 1.59. The molecule has 25 heavy (non-hydrogen) atoms. The first-order valence-electron chi connectivity index (χ1n) is 9.32. The van der Waals surface area contributed by atoms with Gasteiger partial charge in [0, 0.05) is 17.1 Å². The molecule has 1 aromatic heterocycles. The summed E-state index contributed by atoms with van der Waals surface area (Å²) in [7, 11) is 1.25. The van der Waals surface area contributed by atoms with Crippen molar-refractivity contribution < 1.29 is 14.3 Å². The number of methoxy groups -OCH3 is 1. The second kappa shape index (κ2) is 5.20. The maximum Gasteiger partial charge on any atom is 0.379 e. The van der Waals surface area contributed by atoms with Crippen molar-refractivity contribution in [2.24, 2.45) is 17.8 Å². The van der Waals surface area contributed by atoms with Crippen LogP contribution in [0.5, 0.6) is 0 Å². The van der Waals surface area contributed by atoms with Crippen LogP contribution in [0.2, 0.25) is 0 Å². The SMILES string of the molecule is COC(=O)C(=O)c1c[nH]c2ccc(C34CC5CC(CC(C5)C3)C4)cc12. The Hall–Kier alpha value is -2.10. The van der Waals surface area contributed by atoms with Crippen molar-refractivity contribution in [3.05, 3.63) is 35.5 Å². The molecule has 130 valence electrons. The Morgan fingerprint density at radius 1 is 1.08 bits per heavy atom. The summed E-state index contributed by atoms with van der Waals surface area (Å²) in [5.74, 6) is 1.26. The molecule has 2 aromatic rings. The quantitative estimate of drug-likeness (QED) is 0.523. The largest absolute Gasteiger partial charge is 0.463 e. The molecule has 1 aromatic carbocycles. The molecule has 0 saturated heterocycles. The predicted molar refractivity (Wildman–Crippen MR) is 94.5 cm³/mol. The predicted octanol–water partition coefficient (Wildman–Crippen LogP) is 3.99. The van der Waals surface area contributed by atoms with Crippen molar-refractivity contribution in [1.29, 1.82) is 0 Å². The minimum atomic E-state index is -0.805. The van der Waals surface area contributed by atoms with E-state index in [0.29, 0.717) is 5.56 Å². The van der Waals surface area contributed by atoms with Crippen LogP contribution in [-0.2, 0) is 14.9 Å². The molecule has 4 aliphatic rings. The lowest BCUT2D eigenvalue weighted by Gasteiger charge is -2.57. The summed E-state index contributed by atoms with van der Waals surface area (Å²) in [6.45, 7) is 0. The van der Waals surface area contributed by atoms with E-state index in [4.69, 9.17) is 0 Å². The van der Waals surface area contributed by atoms with Gasteiger partial charge < -0.3 is 9.72 Å². The summed E-state index contributed by atoms with van der Waals surface area (Å²) >= 11 is 0. The monoisotopic (exact) mass is 337 g/mol. The zero-order chi connectivity index (χ0) is 17.2. The summed E-state index contributed by atoms with van der Waals surface area (Å²) in [6, 6.07) is 6.46. The van der Waals surface area contributed by atoms with Crippen LogP contribution < -0.4 is 0 Å². The number of aromatic nitrogens is 1. The lowest BCUT2D eigenvalue weighted by atomic mass is 9.48. The number of ether oxygens (including phenoxy) is 1. The third-order valence-corrected chi connectivity index (χ3v) is 6.95. The number of hydrogen-bond donors (Lipinski definition) is 1. The third kappa shape index (κ3) is 2.19. The normalized spacial score (nSPS) is 32.9. The van der Waals surface area contributed by atoms with Gasteiger partial charge in [-0.05, 0) is 79.4 Å². The van der Waals surface area contributed by atoms with Crippen molar-refractivity contribution in [2.75, 3.05) is 7.11 Å². The zero-order valence-corrected chi connectivity index (χ0v) is 14.5. The molecule has 4 saturated carbocycles. The van der Waals surface area contributed by atoms with Crippen LogP contribution in [0.4, 0.5) is 0 Å². The molecule has 4 fully saturated rings. The summed E-state index contributed by atoms with van der Waals surface area (Å²) in [5, 5.41) is 0.851. The molecule has 1 N–H and O–H groups in total. The average molecular weight is 337 g/mol. The van der Waals surface area contributed by atoms with Crippen molar-refractivity contribution in [3.63, 3.8) is 0 Å². The molecule has 0 aliphatic heterocycles. The number of esters is 1. The van der Waals surface area contributed by atoms with E-state index in [2.05, 4.69) is 27.9 Å². The van der Waals surface area contributed by atoms with Gasteiger partial charge in [0.15, 0.2) is 0 Å². The Morgan fingerprint density at radius 3 is 2.32 bits per heavy atom. The first-order chi connectivity index (χ1) is 12.1. The molecule has 6 rings (SSSR count). The molecular formula is C21H23NO3. The lowest BCUT2D eigenvalue weighted by molar-refractivity contribution is -0.135. The van der Waals surface area contributed by atoms with E-state index in [0.717, 1.165) is 28.7 Å². The minimum absolute atomic E-state index is 0.284. The highest BCUT2D eigenvalue weighted by Crippen LogP contribution is 2.60. The highest BCUT2D eigenvalue weighted by atomic mass is 16.5. The molecule has 0 unspecified atom stereocenters. The number of H-pyrrole nitrogens is 1. The first kappa shape index (κ1) is 15.2. The highest BCUT2D eigenvalue weighted by molar-refractivity contribution is 6.42. The smallest absolute Gasteiger partial charge is 0.379 e. The van der Waals surface area contributed by atoms with E-state index < -0.39 is 11.8 Å². The fourth-order valence-electron chi connectivity index (χ4n) is 6.31. The van der Waals surface area contributed by atoms with Gasteiger partial charge in [-0.2, -0.15) is 0 Å². The van der Waals surface area contributed by atoms with Crippen LogP contribution in [-0.4, -0.2) is 23.8 Å². The molecular weight excluding hydrogens is 314 g/mol. The summed E-state index contributed by atoms with van der Waals surface area (Å²) in [4.78, 5) is 27.1. The molecule has 4 heteroatoms. The van der Waals surface area contributed by atoms with Gasteiger partial charge in [0.25, 0.3) is 5.78 Å². The number of carbonyl (C=O) groups excluding carboxylic acids is 2. The summed E-state index contributed by atoms with van der Waals surface area (Å²) < 4.78 is 4.61. The minimum Gasteiger partial charge on any atom is -0.463 e. The number of rotatable bonds is 3. The van der Waals surface area contributed by atoms with E-state index in [1.54, 1.807) is 6.20 Å². The average Bonchev–Trinajstić information content (AvgIpc) is 3.02. The van der Waals surface area contributed by atoms with Gasteiger partial charge in [0.05, 0.1) is 12.7 Å². The van der Waals surface area contributed by atoms with E-state index >= 15 is 0 Å². The van der Waals surface area contributed by atoms with Crippen molar-refractivity contribution >= 4 is 22.7 Å². The highest BCUT2D eigenvalue weighted by Gasteiger charge is 2.51. The standard InChI is InChI=1S/C21H23NO3/c1-25-20(24)19(23)17-11-22-18-3-2-15(7-16(17)18)21-8-12-4-13(9-21)6-14(5-12)10-21/h2-3,7,11-14,22H,4-6,8-10H2,1H3. The molecule has 0 radical (unpaired) electrons. The van der Waals surface area contributed by atoms with Gasteiger partial charge in [0.1, 0.15) is 0 Å². The van der Waals surface area contributed by atoms with Crippen LogP contribution in [0.1, 0.15) is 54.4 Å². The molecule has 4 nitrogen and oxygen atoms in total. The second-order valence-electron chi connectivity index (χ2n) is 8.48. The van der Waals surface area contributed by atoms with Gasteiger partial charge in [-0.1, -0.05) is 6.07 Å². The zero-order valence-electron chi connectivity index (χ0n) is 14.5. The fourth-order valence-corrected chi connectivity index (χ4v) is 6.31. The number of Topliss-reactive ketones (excluding diaryl/α,β-unsaturated/α-hetero) is 1. The lowest BCUT2D eigenvalue weighted by Crippen LogP contribution is -2.48. The van der Waals surface area contributed by atoms with Crippen LogP contribution in [0, 0.1) is 17.8 Å². The number of ketones is 1. The Bertz CT molecular complexity index is 843. The van der Waals surface area contributed by atoms with Crippen molar-refractivity contribution in [1.82, 2.24) is 4.98 Å². The van der Waals surface area contributed by atoms with Crippen LogP contribution in [0.25, 0.3) is 10.9 Å². The maximum absolute atomic E-state index is 12.3. The number of aromatic amines is 1. The molecule has 4 bridgehead atoms. The van der Waals surface area contributed by atoms with Crippen LogP contribution >= 0.6 is 0 Å². The van der Waals surface area contributed by atoms with Gasteiger partial charge in [-0.3, -0.25) is 4.79 Å². The topological polar surface area (TPSA) is 59.2 Å². The van der Waals surface area contributed by atoms with E-state index in [1.165, 1.54) is 51.2 Å². The second-order valence-corrected chi connectivity index (χ2v) is 8.48. The van der Waals surface area contributed by atoms with Gasteiger partial charge in [-0.25, -0.2) is 4.79 Å². The Morgan fingerprint density at radius 2 is 1.72 bits per heavy atom. The molecule has 0 spiro atoms. The Labute approximate surface area is 146 Å². The third-order valence-electron chi connectivity index (χ3n) is 6.95. The molecule has 4 aliphatic carbocycles. The van der Waals surface area contributed by atoms with Crippen molar-refractivity contribution in [3.8, 4) is 0 Å². The molecule has 1 heterocycles. The van der Waals surface area contributed by atoms with Crippen LogP contribution in [0.15, 0.2) is 24.4 Å². The number of hydrogen-bond acceptors (Lipinski definition) is 3. The number of nitrogens with one attached hydrogen (secondary N) is 1. The maximum atomic E-state index is 12.3. The van der Waals surface area contributed by atoms with Gasteiger partial charge >= 0.3 is 5.97 Å². The van der Waals surface area contributed by atoms with E-state index in [-0.39, 0.29) is 5.41 Å². The number of carbonyl (C=O) groups is 2. The summed E-state index contributed by atoms with van der Waals surface area (Å²) in [6.07, 6.45) is 9.74. The molecule has 0 amide bonds. The fraction of sp³-hybridized carbons (Fsp3) is 0.524.